The largest absolute Gasteiger partial charge is 0.501 e. The van der Waals surface area contributed by atoms with Crippen LogP contribution in [-0.2, 0) is 21.3 Å². The van der Waals surface area contributed by atoms with Gasteiger partial charge in [-0.05, 0) is 30.2 Å². The minimum atomic E-state index is -3.64. The van der Waals surface area contributed by atoms with E-state index in [-0.39, 0.29) is 30.2 Å². The molecule has 2 N–H and O–H groups in total. The molecule has 0 saturated carbocycles. The molecule has 0 radical (unpaired) electrons. The first-order chi connectivity index (χ1) is 17.7. The Morgan fingerprint density at radius 1 is 1.14 bits per heavy atom. The van der Waals surface area contributed by atoms with Crippen LogP contribution in [0.25, 0.3) is 5.65 Å². The number of morpholine rings is 1. The number of rotatable bonds is 5. The number of pyridine rings is 1. The van der Waals surface area contributed by atoms with Gasteiger partial charge in [0.25, 0.3) is 5.91 Å². The fourth-order valence-corrected chi connectivity index (χ4v) is 6.24. The third kappa shape index (κ3) is 4.93. The Kier molecular flexibility index (Phi) is 6.92. The molecule has 4 heterocycles. The molecule has 2 aliphatic heterocycles. The van der Waals surface area contributed by atoms with E-state index in [4.69, 9.17) is 27.9 Å². The summed E-state index contributed by atoms with van der Waals surface area (Å²) in [7, 11) is -3.64. The van der Waals surface area contributed by atoms with Gasteiger partial charge in [0.05, 0.1) is 40.4 Å². The molecule has 11 nitrogen and oxygen atoms in total. The summed E-state index contributed by atoms with van der Waals surface area (Å²) in [6.07, 6.45) is 1.90. The number of amides is 1. The van der Waals surface area contributed by atoms with Gasteiger partial charge in [0.1, 0.15) is 0 Å². The molecule has 0 unspecified atom stereocenters. The number of ether oxygens (including phenoxy) is 1. The molecule has 1 amide bonds. The summed E-state index contributed by atoms with van der Waals surface area (Å²) in [4.78, 5) is 32.4. The molecule has 1 aromatic carbocycles. The van der Waals surface area contributed by atoms with Crippen molar-refractivity contribution in [2.24, 2.45) is 0 Å². The van der Waals surface area contributed by atoms with Gasteiger partial charge in [-0.2, -0.15) is 0 Å². The zero-order chi connectivity index (χ0) is 26.3. The van der Waals surface area contributed by atoms with Gasteiger partial charge in [0.15, 0.2) is 11.3 Å². The summed E-state index contributed by atoms with van der Waals surface area (Å²) >= 11 is 12.0. The lowest BCUT2D eigenvalue weighted by Gasteiger charge is -2.30. The highest BCUT2D eigenvalue weighted by Gasteiger charge is 2.32. The van der Waals surface area contributed by atoms with Gasteiger partial charge >= 0.3 is 5.56 Å². The SMILES string of the molecule is O=C(NCc1ccc(Cl)c(Cl)c1)c1nc2c(N3CCCS3(=O)=O)cc(N3CCOCC3)cn2c(=O)c1O. The number of hydrogen-bond acceptors (Lipinski definition) is 8. The predicted molar refractivity (Wildman–Crippen MR) is 140 cm³/mol. The number of nitrogens with zero attached hydrogens (tertiary/aromatic N) is 4. The molecule has 3 aromatic rings. The smallest absolute Gasteiger partial charge is 0.301 e. The number of sulfonamides is 1. The van der Waals surface area contributed by atoms with Crippen molar-refractivity contribution >= 4 is 56.2 Å². The Morgan fingerprint density at radius 2 is 1.89 bits per heavy atom. The number of carbonyl (C=O) groups excluding carboxylic acids is 1. The van der Waals surface area contributed by atoms with Crippen LogP contribution in [0.15, 0.2) is 35.3 Å². The molecule has 2 fully saturated rings. The Bertz CT molecular complexity index is 1560. The molecule has 196 valence electrons. The van der Waals surface area contributed by atoms with Crippen molar-refractivity contribution in [2.45, 2.75) is 13.0 Å². The molecule has 0 aliphatic carbocycles. The Balaban J connectivity index is 1.58. The normalized spacial score (nSPS) is 17.4. The van der Waals surface area contributed by atoms with Crippen molar-refractivity contribution in [1.82, 2.24) is 14.7 Å². The van der Waals surface area contributed by atoms with Crippen LogP contribution in [0.4, 0.5) is 11.4 Å². The Labute approximate surface area is 222 Å². The summed E-state index contributed by atoms with van der Waals surface area (Å²) in [6.45, 7) is 2.28. The van der Waals surface area contributed by atoms with Crippen molar-refractivity contribution in [3.05, 3.63) is 62.1 Å². The number of fused-ring (bicyclic) bond motifs is 1. The fourth-order valence-electron chi connectivity index (χ4n) is 4.36. The average molecular weight is 568 g/mol. The molecule has 2 saturated heterocycles. The van der Waals surface area contributed by atoms with Crippen LogP contribution in [0.3, 0.4) is 0 Å². The van der Waals surface area contributed by atoms with E-state index in [1.807, 2.05) is 4.90 Å². The summed E-state index contributed by atoms with van der Waals surface area (Å²) in [6, 6.07) is 6.47. The second kappa shape index (κ2) is 10.0. The van der Waals surface area contributed by atoms with Crippen molar-refractivity contribution < 1.29 is 23.1 Å². The number of hydrogen-bond donors (Lipinski definition) is 2. The zero-order valence-corrected chi connectivity index (χ0v) is 21.8. The number of nitrogens with one attached hydrogen (secondary N) is 1. The van der Waals surface area contributed by atoms with Gasteiger partial charge in [0, 0.05) is 32.4 Å². The van der Waals surface area contributed by atoms with Gasteiger partial charge in [-0.1, -0.05) is 29.3 Å². The lowest BCUT2D eigenvalue weighted by molar-refractivity contribution is 0.0942. The molecule has 2 aromatic heterocycles. The van der Waals surface area contributed by atoms with E-state index in [1.54, 1.807) is 24.3 Å². The number of carbonyl (C=O) groups is 1. The summed E-state index contributed by atoms with van der Waals surface area (Å²) in [5, 5.41) is 13.9. The topological polar surface area (TPSA) is 134 Å². The minimum Gasteiger partial charge on any atom is -0.501 e. The monoisotopic (exact) mass is 567 g/mol. The zero-order valence-electron chi connectivity index (χ0n) is 19.5. The number of aromatic hydroxyl groups is 1. The predicted octanol–water partition coefficient (Wildman–Crippen LogP) is 2.01. The van der Waals surface area contributed by atoms with E-state index in [1.165, 1.54) is 10.5 Å². The van der Waals surface area contributed by atoms with Crippen LogP contribution in [0.1, 0.15) is 22.5 Å². The molecule has 0 atom stereocenters. The van der Waals surface area contributed by atoms with Crippen LogP contribution >= 0.6 is 23.2 Å². The van der Waals surface area contributed by atoms with E-state index < -0.39 is 32.9 Å². The molecular formula is C23H23Cl2N5O6S. The summed E-state index contributed by atoms with van der Waals surface area (Å²) < 4.78 is 33.3. The summed E-state index contributed by atoms with van der Waals surface area (Å²) in [5.74, 6) is -1.70. The third-order valence-corrected chi connectivity index (χ3v) is 8.86. The van der Waals surface area contributed by atoms with E-state index in [9.17, 15) is 23.1 Å². The van der Waals surface area contributed by atoms with Crippen molar-refractivity contribution in [3.8, 4) is 5.75 Å². The van der Waals surface area contributed by atoms with E-state index in [0.717, 1.165) is 4.40 Å². The number of aromatic nitrogens is 2. The van der Waals surface area contributed by atoms with Crippen LogP contribution in [0.5, 0.6) is 5.75 Å². The van der Waals surface area contributed by atoms with Crippen molar-refractivity contribution in [3.63, 3.8) is 0 Å². The Hall–Kier alpha value is -3.06. The maximum Gasteiger partial charge on any atom is 0.301 e. The van der Waals surface area contributed by atoms with Gasteiger partial charge in [0.2, 0.25) is 15.8 Å². The lowest BCUT2D eigenvalue weighted by Crippen LogP contribution is -2.37. The molecule has 0 bridgehead atoms. The average Bonchev–Trinajstić information content (AvgIpc) is 3.25. The lowest BCUT2D eigenvalue weighted by atomic mass is 10.2. The van der Waals surface area contributed by atoms with Gasteiger partial charge in [-0.25, -0.2) is 13.4 Å². The second-order valence-corrected chi connectivity index (χ2v) is 11.5. The van der Waals surface area contributed by atoms with E-state index in [2.05, 4.69) is 10.3 Å². The first kappa shape index (κ1) is 25.6. The highest BCUT2D eigenvalue weighted by Crippen LogP contribution is 2.32. The summed E-state index contributed by atoms with van der Waals surface area (Å²) in [5.41, 5.74) is -0.0754. The number of halogens is 2. The second-order valence-electron chi connectivity index (χ2n) is 8.66. The maximum absolute atomic E-state index is 13.2. The standard InChI is InChI=1S/C23H23Cl2N5O6S/c24-16-3-2-14(10-17(16)25)12-26-22(32)19-20(31)23(33)29-13-15(28-5-7-36-8-6-28)11-18(21(29)27-19)30-4-1-9-37(30,34)35/h2-3,10-11,13,31H,1,4-9,12H2,(H,26,32). The number of benzene rings is 1. The minimum absolute atomic E-state index is 0.0273. The Morgan fingerprint density at radius 3 is 2.57 bits per heavy atom. The van der Waals surface area contributed by atoms with Gasteiger partial charge < -0.3 is 20.1 Å². The van der Waals surface area contributed by atoms with Crippen molar-refractivity contribution in [1.29, 1.82) is 0 Å². The first-order valence-corrected chi connectivity index (χ1v) is 13.9. The van der Waals surface area contributed by atoms with Crippen molar-refractivity contribution in [2.75, 3.05) is 47.8 Å². The van der Waals surface area contributed by atoms with Crippen LogP contribution in [-0.4, -0.2) is 67.4 Å². The molecule has 37 heavy (non-hydrogen) atoms. The van der Waals surface area contributed by atoms with Gasteiger partial charge in [-0.3, -0.25) is 18.3 Å². The molecule has 14 heteroatoms. The van der Waals surface area contributed by atoms with E-state index >= 15 is 0 Å². The highest BCUT2D eigenvalue weighted by atomic mass is 35.5. The van der Waals surface area contributed by atoms with Crippen LogP contribution in [0, 0.1) is 0 Å². The van der Waals surface area contributed by atoms with Crippen LogP contribution in [0.2, 0.25) is 10.0 Å². The van der Waals surface area contributed by atoms with Gasteiger partial charge in [-0.15, -0.1) is 0 Å². The van der Waals surface area contributed by atoms with E-state index in [0.29, 0.717) is 54.0 Å². The third-order valence-electron chi connectivity index (χ3n) is 6.26. The maximum atomic E-state index is 13.2. The molecule has 2 aliphatic rings. The fraction of sp³-hybridized carbons (Fsp3) is 0.348. The quantitative estimate of drug-likeness (QED) is 0.478. The number of anilines is 2. The molecule has 0 spiro atoms. The molecular weight excluding hydrogens is 545 g/mol. The van der Waals surface area contributed by atoms with Crippen LogP contribution < -0.4 is 20.1 Å². The molecule has 5 rings (SSSR count). The highest BCUT2D eigenvalue weighted by molar-refractivity contribution is 7.93. The first-order valence-electron chi connectivity index (χ1n) is 11.5.